The zero-order valence-corrected chi connectivity index (χ0v) is 20.3. The molecule has 0 spiro atoms. The highest BCUT2D eigenvalue weighted by Gasteiger charge is 2.21. The molecule has 0 unspecified atom stereocenters. The molecule has 0 atom stereocenters. The zero-order chi connectivity index (χ0) is 26.5. The fraction of sp³-hybridized carbons (Fsp3) is 0.0312. The summed E-state index contributed by atoms with van der Waals surface area (Å²) in [5.74, 6) is 1.69. The van der Waals surface area contributed by atoms with Crippen molar-refractivity contribution in [2.45, 2.75) is 6.42 Å². The lowest BCUT2D eigenvalue weighted by Gasteiger charge is -2.02. The zero-order valence-electron chi connectivity index (χ0n) is 20.3. The number of rotatable bonds is 4. The summed E-state index contributed by atoms with van der Waals surface area (Å²) in [5.41, 5.74) is 10.1. The van der Waals surface area contributed by atoms with E-state index >= 15 is 0 Å². The number of hydrogen-bond acceptors (Lipinski definition) is 0. The third kappa shape index (κ3) is 6.27. The minimum absolute atomic E-state index is 0.832. The van der Waals surface area contributed by atoms with Gasteiger partial charge in [0.15, 0.2) is 0 Å². The second-order valence-corrected chi connectivity index (χ2v) is 8.92. The molecule has 1 heterocycles. The topological polar surface area (TPSA) is 11.3 Å². The summed E-state index contributed by atoms with van der Waals surface area (Å²) in [7, 11) is -6.00. The average molecular weight is 510 g/mol. The summed E-state index contributed by atoms with van der Waals surface area (Å²) < 4.78 is 45.3. The van der Waals surface area contributed by atoms with E-state index in [1.807, 2.05) is 24.3 Å². The Kier molecular flexibility index (Phi) is 7.23. The highest BCUT2D eigenvalue weighted by molar-refractivity contribution is 6.50. The molecular formula is C32H23BF4O. The van der Waals surface area contributed by atoms with Crippen molar-refractivity contribution in [2.75, 3.05) is 0 Å². The maximum absolute atomic E-state index is 9.75. The summed E-state index contributed by atoms with van der Waals surface area (Å²) in [6.07, 6.45) is 5.22. The van der Waals surface area contributed by atoms with Crippen LogP contribution in [0.25, 0.3) is 45.7 Å². The number of hydrogen-bond donors (Lipinski definition) is 0. The minimum atomic E-state index is -6.00. The molecule has 1 aliphatic rings. The first-order valence-corrected chi connectivity index (χ1v) is 12.2. The Bertz CT molecular complexity index is 1520. The van der Waals surface area contributed by atoms with Crippen molar-refractivity contribution < 1.29 is 21.7 Å². The molecule has 6 rings (SSSR count). The van der Waals surface area contributed by atoms with Gasteiger partial charge in [0.05, 0.1) is 17.7 Å². The first-order chi connectivity index (χ1) is 18.3. The van der Waals surface area contributed by atoms with Crippen LogP contribution in [-0.2, 0) is 6.42 Å². The van der Waals surface area contributed by atoms with Crippen molar-refractivity contribution >= 4 is 19.4 Å². The fourth-order valence-corrected chi connectivity index (χ4v) is 4.59. The molecular weight excluding hydrogens is 487 g/mol. The third-order valence-electron chi connectivity index (χ3n) is 6.24. The van der Waals surface area contributed by atoms with Gasteiger partial charge < -0.3 is 17.3 Å². The third-order valence-corrected chi connectivity index (χ3v) is 6.24. The van der Waals surface area contributed by atoms with E-state index in [0.29, 0.717) is 0 Å². The van der Waals surface area contributed by atoms with Crippen LogP contribution in [-0.4, -0.2) is 7.25 Å². The molecule has 188 valence electrons. The molecule has 0 N–H and O–H groups in total. The van der Waals surface area contributed by atoms with Crippen molar-refractivity contribution in [3.8, 4) is 33.6 Å². The van der Waals surface area contributed by atoms with Crippen LogP contribution in [0.4, 0.5) is 17.3 Å². The molecule has 1 aromatic heterocycles. The molecule has 38 heavy (non-hydrogen) atoms. The Morgan fingerprint density at radius 2 is 1.16 bits per heavy atom. The van der Waals surface area contributed by atoms with E-state index in [0.717, 1.165) is 29.1 Å². The molecule has 4 aromatic carbocycles. The van der Waals surface area contributed by atoms with Gasteiger partial charge in [-0.3, -0.25) is 0 Å². The van der Waals surface area contributed by atoms with Gasteiger partial charge in [0, 0.05) is 11.6 Å². The predicted molar refractivity (Wildman–Crippen MR) is 148 cm³/mol. The lowest BCUT2D eigenvalue weighted by molar-refractivity contribution is 0.368. The Morgan fingerprint density at radius 1 is 0.553 bits per heavy atom. The smallest absolute Gasteiger partial charge is 0.418 e. The van der Waals surface area contributed by atoms with E-state index in [1.165, 1.54) is 33.4 Å². The van der Waals surface area contributed by atoms with Gasteiger partial charge in [-0.1, -0.05) is 91.0 Å². The first-order valence-electron chi connectivity index (χ1n) is 12.2. The van der Waals surface area contributed by atoms with Gasteiger partial charge in [0.1, 0.15) is 0 Å². The SMILES string of the molecule is C(=C\c1cc(-c2ccccc2)cc(-c2ccccc2)[o+]1)/c1ccc2c(c1)Cc1ccccc1-2.F[B-](F)(F)F. The van der Waals surface area contributed by atoms with Gasteiger partial charge in [-0.15, -0.1) is 0 Å². The minimum Gasteiger partial charge on any atom is -0.418 e. The van der Waals surface area contributed by atoms with Crippen LogP contribution in [0.1, 0.15) is 22.5 Å². The second kappa shape index (κ2) is 10.9. The maximum Gasteiger partial charge on any atom is 0.673 e. The molecule has 1 nitrogen and oxygen atoms in total. The second-order valence-electron chi connectivity index (χ2n) is 8.92. The Hall–Kier alpha value is -4.45. The van der Waals surface area contributed by atoms with Gasteiger partial charge in [0.2, 0.25) is 0 Å². The molecule has 0 aliphatic heterocycles. The van der Waals surface area contributed by atoms with Gasteiger partial charge >= 0.3 is 18.8 Å². The summed E-state index contributed by atoms with van der Waals surface area (Å²) in [6.45, 7) is 0. The van der Waals surface area contributed by atoms with E-state index < -0.39 is 7.25 Å². The molecule has 5 aromatic rings. The number of fused-ring (bicyclic) bond motifs is 3. The standard InChI is InChI=1S/C32H23O.BF4/c1-3-9-24(10-4-1)27-21-29(33-32(22-27)25-11-5-2-6-12-25)17-15-23-16-18-31-28(19-23)20-26-13-7-8-14-30(26)31;2-1(3,4)5/h1-19,21-22H,20H2;/q+1;-1/b17-15+;. The monoisotopic (exact) mass is 510 g/mol. The van der Waals surface area contributed by atoms with Gasteiger partial charge in [-0.25, -0.2) is 4.42 Å². The molecule has 0 fully saturated rings. The quantitative estimate of drug-likeness (QED) is 0.131. The molecule has 1 aliphatic carbocycles. The Balaban J connectivity index is 0.000000540. The highest BCUT2D eigenvalue weighted by Crippen LogP contribution is 2.37. The van der Waals surface area contributed by atoms with E-state index in [1.54, 1.807) is 0 Å². The van der Waals surface area contributed by atoms with Crippen LogP contribution in [0, 0.1) is 0 Å². The summed E-state index contributed by atoms with van der Waals surface area (Å²) in [4.78, 5) is 0. The Morgan fingerprint density at radius 3 is 1.87 bits per heavy atom. The van der Waals surface area contributed by atoms with E-state index in [4.69, 9.17) is 4.42 Å². The van der Waals surface area contributed by atoms with Crippen molar-refractivity contribution in [3.05, 3.63) is 138 Å². The molecule has 0 saturated heterocycles. The van der Waals surface area contributed by atoms with Crippen LogP contribution < -0.4 is 0 Å². The lowest BCUT2D eigenvalue weighted by Crippen LogP contribution is -2.02. The molecule has 6 heteroatoms. The van der Waals surface area contributed by atoms with Crippen LogP contribution >= 0.6 is 0 Å². The molecule has 0 amide bonds. The lowest BCUT2D eigenvalue weighted by atomic mass is 10.0. The summed E-state index contributed by atoms with van der Waals surface area (Å²) in [5, 5.41) is 0. The Labute approximate surface area is 218 Å². The fourth-order valence-electron chi connectivity index (χ4n) is 4.59. The highest BCUT2D eigenvalue weighted by atomic mass is 19.5. The van der Waals surface area contributed by atoms with Crippen LogP contribution in [0.3, 0.4) is 0 Å². The molecule has 0 radical (unpaired) electrons. The average Bonchev–Trinajstić information content (AvgIpc) is 3.30. The molecule has 0 bridgehead atoms. The summed E-state index contributed by atoms with van der Waals surface area (Å²) in [6, 6.07) is 40.4. The van der Waals surface area contributed by atoms with Crippen LogP contribution in [0.2, 0.25) is 0 Å². The maximum atomic E-state index is 9.75. The number of benzene rings is 4. The van der Waals surface area contributed by atoms with E-state index in [2.05, 4.69) is 103 Å². The van der Waals surface area contributed by atoms with Crippen LogP contribution in [0.15, 0.2) is 120 Å². The predicted octanol–water partition coefficient (Wildman–Crippen LogP) is 9.94. The van der Waals surface area contributed by atoms with Crippen molar-refractivity contribution in [1.29, 1.82) is 0 Å². The van der Waals surface area contributed by atoms with E-state index in [-0.39, 0.29) is 0 Å². The van der Waals surface area contributed by atoms with Gasteiger partial charge in [-0.05, 0) is 58.0 Å². The van der Waals surface area contributed by atoms with Crippen molar-refractivity contribution in [2.24, 2.45) is 0 Å². The summed E-state index contributed by atoms with van der Waals surface area (Å²) >= 11 is 0. The normalized spacial score (nSPS) is 12.0. The largest absolute Gasteiger partial charge is 0.673 e. The molecule has 0 saturated carbocycles. The number of halogens is 4. The van der Waals surface area contributed by atoms with Gasteiger partial charge in [0.25, 0.3) is 0 Å². The van der Waals surface area contributed by atoms with Crippen molar-refractivity contribution in [3.63, 3.8) is 0 Å². The van der Waals surface area contributed by atoms with E-state index in [9.17, 15) is 17.3 Å². The van der Waals surface area contributed by atoms with Crippen molar-refractivity contribution in [1.82, 2.24) is 0 Å². The van der Waals surface area contributed by atoms with Gasteiger partial charge in [-0.2, -0.15) is 0 Å². The first kappa shape index (κ1) is 25.2. The van der Waals surface area contributed by atoms with Crippen LogP contribution in [0.5, 0.6) is 0 Å².